The van der Waals surface area contributed by atoms with Gasteiger partial charge in [0.2, 0.25) is 29.5 Å². The van der Waals surface area contributed by atoms with Crippen molar-refractivity contribution in [1.29, 1.82) is 0 Å². The summed E-state index contributed by atoms with van der Waals surface area (Å²) >= 11 is 0. The van der Waals surface area contributed by atoms with Crippen LogP contribution in [0.1, 0.15) is 147 Å². The number of amides is 9. The lowest BCUT2D eigenvalue weighted by atomic mass is 10.0. The summed E-state index contributed by atoms with van der Waals surface area (Å²) in [5.41, 5.74) is 37.3. The molecule has 488 valence electrons. The van der Waals surface area contributed by atoms with Crippen LogP contribution in [-0.2, 0) is 41.6 Å². The molecule has 1 aliphatic carbocycles. The number of rotatable bonds is 36. The van der Waals surface area contributed by atoms with E-state index in [-0.39, 0.29) is 116 Å². The van der Waals surface area contributed by atoms with Gasteiger partial charge >= 0.3 is 0 Å². The summed E-state index contributed by atoms with van der Waals surface area (Å²) in [6.07, 6.45) is 9.92. The zero-order valence-corrected chi connectivity index (χ0v) is 52.4. The van der Waals surface area contributed by atoms with Crippen LogP contribution >= 0.6 is 0 Å². The Morgan fingerprint density at radius 2 is 1.06 bits per heavy atom. The number of anilines is 3. The molecule has 1 aliphatic rings. The Balaban J connectivity index is 1.49. The van der Waals surface area contributed by atoms with Crippen molar-refractivity contribution in [2.75, 3.05) is 55.8 Å². The number of aryl methyl sites for hydroxylation is 2. The van der Waals surface area contributed by atoms with Gasteiger partial charge < -0.3 is 87.0 Å². The second-order valence-corrected chi connectivity index (χ2v) is 21.2. The van der Waals surface area contributed by atoms with E-state index in [1.165, 1.54) is 38.3 Å². The molecule has 0 unspecified atom stereocenters. The van der Waals surface area contributed by atoms with E-state index in [1.54, 1.807) is 55.5 Å². The molecule has 0 saturated heterocycles. The molecule has 27 heteroatoms. The number of guanidine groups is 2. The summed E-state index contributed by atoms with van der Waals surface area (Å²) in [5.74, 6) is -5.01. The third-order valence-corrected chi connectivity index (χ3v) is 14.5. The van der Waals surface area contributed by atoms with Gasteiger partial charge in [0, 0.05) is 78.5 Å². The summed E-state index contributed by atoms with van der Waals surface area (Å²) < 4.78 is 5.54. The minimum Gasteiger partial charge on any atom is -0.496 e. The number of unbranched alkanes of at least 4 members (excludes halogenated alkanes) is 2. The highest BCUT2D eigenvalue weighted by molar-refractivity contribution is 6.07. The lowest BCUT2D eigenvalue weighted by molar-refractivity contribution is -0.126. The summed E-state index contributed by atoms with van der Waals surface area (Å²) in [6, 6.07) is 9.98. The third-order valence-electron chi connectivity index (χ3n) is 14.5. The molecule has 0 aromatic heterocycles. The van der Waals surface area contributed by atoms with E-state index >= 15 is 0 Å². The Hall–Kier alpha value is -9.63. The number of hydrogen-bond donors (Lipinski definition) is 15. The summed E-state index contributed by atoms with van der Waals surface area (Å²) in [6.45, 7) is 10.3. The molecule has 21 N–H and O–H groups in total. The van der Waals surface area contributed by atoms with Gasteiger partial charge in [-0.1, -0.05) is 58.4 Å². The maximum absolute atomic E-state index is 14.2. The van der Waals surface area contributed by atoms with Crippen molar-refractivity contribution >= 4 is 82.1 Å². The second-order valence-electron chi connectivity index (χ2n) is 21.2. The molecule has 0 radical (unpaired) electrons. The quantitative estimate of drug-likeness (QED) is 0.0226. The maximum atomic E-state index is 14.2. The van der Waals surface area contributed by atoms with Crippen LogP contribution in [0.25, 0.3) is 0 Å². The fourth-order valence-electron chi connectivity index (χ4n) is 9.47. The molecule has 0 fully saturated rings. The largest absolute Gasteiger partial charge is 0.496 e. The first-order valence-corrected chi connectivity index (χ1v) is 30.4. The number of benzene rings is 3. The fourth-order valence-corrected chi connectivity index (χ4v) is 9.47. The van der Waals surface area contributed by atoms with Gasteiger partial charge in [0.25, 0.3) is 23.6 Å². The Kier molecular flexibility index (Phi) is 30.7. The van der Waals surface area contributed by atoms with Gasteiger partial charge in [0.05, 0.1) is 12.7 Å². The van der Waals surface area contributed by atoms with Gasteiger partial charge in [0.15, 0.2) is 11.9 Å². The molecular formula is C63H91N17O10. The highest BCUT2D eigenvalue weighted by atomic mass is 16.5. The van der Waals surface area contributed by atoms with Crippen molar-refractivity contribution < 1.29 is 47.9 Å². The van der Waals surface area contributed by atoms with Crippen molar-refractivity contribution in [2.24, 2.45) is 44.4 Å². The Bertz CT molecular complexity index is 3190. The van der Waals surface area contributed by atoms with E-state index in [9.17, 15) is 43.2 Å². The highest BCUT2D eigenvalue weighted by Gasteiger charge is 2.29. The van der Waals surface area contributed by atoms with Gasteiger partial charge in [-0.15, -0.1) is 0 Å². The van der Waals surface area contributed by atoms with Gasteiger partial charge in [-0.25, -0.2) is 0 Å². The van der Waals surface area contributed by atoms with Gasteiger partial charge in [0.1, 0.15) is 29.9 Å². The van der Waals surface area contributed by atoms with E-state index in [2.05, 4.69) is 57.8 Å². The van der Waals surface area contributed by atoms with Crippen LogP contribution in [0.4, 0.5) is 17.1 Å². The molecule has 0 aliphatic heterocycles. The van der Waals surface area contributed by atoms with Crippen LogP contribution in [0.5, 0.6) is 5.75 Å². The minimum absolute atomic E-state index is 0.0273. The van der Waals surface area contributed by atoms with E-state index in [1.807, 2.05) is 20.8 Å². The average molecular weight is 1250 g/mol. The lowest BCUT2D eigenvalue weighted by Gasteiger charge is -2.21. The van der Waals surface area contributed by atoms with Crippen molar-refractivity contribution in [2.45, 2.75) is 142 Å². The first-order valence-electron chi connectivity index (χ1n) is 30.4. The number of methoxy groups -OCH3 is 1. The summed E-state index contributed by atoms with van der Waals surface area (Å²) in [7, 11) is 1.36. The molecule has 3 aromatic rings. The number of nitrogens with zero attached hydrogens (tertiary/aromatic N) is 2. The Morgan fingerprint density at radius 3 is 1.58 bits per heavy atom. The summed E-state index contributed by atoms with van der Waals surface area (Å²) in [5, 5.41) is 25.2. The number of nitrogens with two attached hydrogens (primary N) is 6. The molecule has 90 heavy (non-hydrogen) atoms. The highest BCUT2D eigenvalue weighted by Crippen LogP contribution is 2.26. The number of carbonyl (C=O) groups is 9. The van der Waals surface area contributed by atoms with E-state index in [4.69, 9.17) is 39.1 Å². The van der Waals surface area contributed by atoms with Crippen LogP contribution < -0.4 is 87.0 Å². The topological polar surface area (TPSA) is 452 Å². The molecule has 0 spiro atoms. The fraction of sp³-hybridized carbons (Fsp3) is 0.444. The smallest absolute Gasteiger partial charge is 0.255 e. The zero-order valence-electron chi connectivity index (χ0n) is 52.4. The number of allylic oxidation sites excluding steroid dienone is 3. The second kappa shape index (κ2) is 37.9. The normalized spacial score (nSPS) is 13.1. The standard InChI is InChI=1S/C63H91N17O10/c1-7-38-18-21-41(74-60(88)50(16-14-32-71-62(66)67)79-57(85)47-35-42(22-20-40(47)9-3)75-54(82)37(5)73-53(81)28-30-65)24-26-45(38)56(84)78-49(10-4)59(87)76-44-25-27-52(90-6)48(36-44)58(86)80-51(17-15-33-72-63(68)69)61(89)77-43-23-19-39(8-2)46(34-43)55(83)70-31-13-11-12-29-64/h18-23,25-27,34-37,49-51H,7-17,24,28-33,64-65H2,1-6H3,(H,70,83)(H,73,81)(H,74,88)(H,75,82)(H,76,87)(H,77,89)(H,78,84)(H,79,85)(H,80,86)(H4,66,67,71)(H4,68,69,72)/t37-,49-,50-,51-/m1/s1. The SMILES string of the molecule is CCC1=CC=C(NC(=O)[C@@H](CCCN=C(N)N)NC(=O)c2cc(NC(=O)[C@@H](C)NC(=O)CCN)ccc2CC)CC=C1C(=O)N[C@H](CC)C(=O)Nc1ccc(OC)c(C(=O)N[C@H](CCCN=C(N)N)C(=O)Nc2ccc(CC)c(C(=O)NCCCCCN)c2)c1. The number of nitrogens with one attached hydrogen (secondary N) is 9. The van der Waals surface area contributed by atoms with Crippen LogP contribution in [0, 0.1) is 0 Å². The lowest BCUT2D eigenvalue weighted by Crippen LogP contribution is -2.46. The maximum Gasteiger partial charge on any atom is 0.255 e. The number of aliphatic imine (C=N–C) groups is 2. The molecule has 0 saturated carbocycles. The summed E-state index contributed by atoms with van der Waals surface area (Å²) in [4.78, 5) is 131. The predicted octanol–water partition coefficient (Wildman–Crippen LogP) is 2.61. The molecular weight excluding hydrogens is 1150 g/mol. The van der Waals surface area contributed by atoms with E-state index in [0.717, 1.165) is 24.8 Å². The van der Waals surface area contributed by atoms with Gasteiger partial charge in [-0.3, -0.25) is 53.1 Å². The van der Waals surface area contributed by atoms with Crippen molar-refractivity contribution in [1.82, 2.24) is 31.9 Å². The Labute approximate surface area is 525 Å². The van der Waals surface area contributed by atoms with Crippen LogP contribution in [0.3, 0.4) is 0 Å². The molecule has 3 aromatic carbocycles. The van der Waals surface area contributed by atoms with Crippen molar-refractivity contribution in [3.8, 4) is 5.75 Å². The number of carbonyl (C=O) groups excluding carboxylic acids is 9. The van der Waals surface area contributed by atoms with Crippen LogP contribution in [0.15, 0.2) is 99.7 Å². The third kappa shape index (κ3) is 23.5. The molecule has 4 atom stereocenters. The predicted molar refractivity (Wildman–Crippen MR) is 349 cm³/mol. The molecule has 27 nitrogen and oxygen atoms in total. The number of hydrogen-bond acceptors (Lipinski definition) is 14. The van der Waals surface area contributed by atoms with Gasteiger partial charge in [-0.2, -0.15) is 0 Å². The van der Waals surface area contributed by atoms with Crippen LogP contribution in [0.2, 0.25) is 0 Å². The van der Waals surface area contributed by atoms with Crippen molar-refractivity contribution in [3.63, 3.8) is 0 Å². The average Bonchev–Trinajstić information content (AvgIpc) is 1.56. The van der Waals surface area contributed by atoms with Crippen LogP contribution in [-0.4, -0.2) is 129 Å². The first-order chi connectivity index (χ1) is 43.1. The van der Waals surface area contributed by atoms with E-state index in [0.29, 0.717) is 66.9 Å². The molecule has 0 heterocycles. The molecule has 0 bridgehead atoms. The monoisotopic (exact) mass is 1250 g/mol. The minimum atomic E-state index is -1.14. The molecule has 4 rings (SSSR count). The number of ether oxygens (including phenoxy) is 1. The zero-order chi connectivity index (χ0) is 66.3. The van der Waals surface area contributed by atoms with Gasteiger partial charge in [-0.05, 0) is 143 Å². The Morgan fingerprint density at radius 1 is 0.544 bits per heavy atom. The molecule has 9 amide bonds. The first kappa shape index (κ1) is 72.8. The van der Waals surface area contributed by atoms with Crippen molar-refractivity contribution in [3.05, 3.63) is 117 Å². The van der Waals surface area contributed by atoms with E-state index < -0.39 is 65.5 Å².